The Labute approximate surface area is 119 Å². The predicted octanol–water partition coefficient (Wildman–Crippen LogP) is 3.93. The topological polar surface area (TPSA) is 30.1 Å². The van der Waals surface area contributed by atoms with Crippen LogP contribution in [0.25, 0.3) is 10.9 Å². The van der Waals surface area contributed by atoms with Gasteiger partial charge in [-0.25, -0.2) is 0 Å². The zero-order valence-electron chi connectivity index (χ0n) is 12.2. The van der Waals surface area contributed by atoms with Crippen molar-refractivity contribution in [3.05, 3.63) is 59.7 Å². The summed E-state index contributed by atoms with van der Waals surface area (Å²) in [6.45, 7) is 5.15. The summed E-state index contributed by atoms with van der Waals surface area (Å²) in [5, 5.41) is 4.86. The number of benzene rings is 1. The standard InChI is InChI=1S/C17H20N2O/c1-12-14-7-4-5-8-15(14)19(3)16(12)11-18-13(2)17-9-6-10-20-17/h4-10,13,18H,11H2,1-3H3. The van der Waals surface area contributed by atoms with Crippen molar-refractivity contribution < 1.29 is 4.42 Å². The Bertz CT molecular complexity index is 671. The molecule has 3 rings (SSSR count). The first-order valence-corrected chi connectivity index (χ1v) is 6.98. The van der Waals surface area contributed by atoms with Crippen molar-refractivity contribution in [3.63, 3.8) is 0 Å². The summed E-state index contributed by atoms with van der Waals surface area (Å²) in [7, 11) is 2.13. The van der Waals surface area contributed by atoms with Gasteiger partial charge in [-0.15, -0.1) is 0 Å². The van der Waals surface area contributed by atoms with Crippen molar-refractivity contribution in [3.8, 4) is 0 Å². The third-order valence-corrected chi connectivity index (χ3v) is 4.05. The van der Waals surface area contributed by atoms with E-state index in [1.54, 1.807) is 6.26 Å². The molecule has 1 aromatic carbocycles. The van der Waals surface area contributed by atoms with E-state index in [0.717, 1.165) is 12.3 Å². The highest BCUT2D eigenvalue weighted by Gasteiger charge is 2.13. The van der Waals surface area contributed by atoms with E-state index in [9.17, 15) is 0 Å². The highest BCUT2D eigenvalue weighted by Crippen LogP contribution is 2.25. The average Bonchev–Trinajstić information content (AvgIpc) is 3.07. The third-order valence-electron chi connectivity index (χ3n) is 4.05. The van der Waals surface area contributed by atoms with Crippen LogP contribution in [0.4, 0.5) is 0 Å². The quantitative estimate of drug-likeness (QED) is 0.777. The summed E-state index contributed by atoms with van der Waals surface area (Å²) in [6.07, 6.45) is 1.72. The lowest BCUT2D eigenvalue weighted by atomic mass is 10.1. The van der Waals surface area contributed by atoms with E-state index in [1.165, 1.54) is 22.2 Å². The van der Waals surface area contributed by atoms with Gasteiger partial charge in [-0.3, -0.25) is 0 Å². The summed E-state index contributed by atoms with van der Waals surface area (Å²) in [5.74, 6) is 0.974. The van der Waals surface area contributed by atoms with Crippen molar-refractivity contribution in [1.29, 1.82) is 0 Å². The predicted molar refractivity (Wildman–Crippen MR) is 81.6 cm³/mol. The maximum absolute atomic E-state index is 5.43. The Morgan fingerprint density at radius 1 is 1.20 bits per heavy atom. The molecule has 0 saturated carbocycles. The zero-order chi connectivity index (χ0) is 14.1. The Morgan fingerprint density at radius 3 is 2.70 bits per heavy atom. The van der Waals surface area contributed by atoms with Crippen LogP contribution in [-0.4, -0.2) is 4.57 Å². The van der Waals surface area contributed by atoms with Crippen molar-refractivity contribution in [2.75, 3.05) is 0 Å². The number of hydrogen-bond donors (Lipinski definition) is 1. The Balaban J connectivity index is 1.84. The highest BCUT2D eigenvalue weighted by atomic mass is 16.3. The van der Waals surface area contributed by atoms with Gasteiger partial charge in [0, 0.05) is 30.2 Å². The number of nitrogens with one attached hydrogen (secondary N) is 1. The van der Waals surface area contributed by atoms with Gasteiger partial charge in [-0.1, -0.05) is 18.2 Å². The second-order valence-corrected chi connectivity index (χ2v) is 5.27. The molecule has 1 unspecified atom stereocenters. The van der Waals surface area contributed by atoms with Crippen LogP contribution in [-0.2, 0) is 13.6 Å². The van der Waals surface area contributed by atoms with Crippen LogP contribution >= 0.6 is 0 Å². The highest BCUT2D eigenvalue weighted by molar-refractivity contribution is 5.85. The number of aromatic nitrogens is 1. The van der Waals surface area contributed by atoms with Crippen LogP contribution < -0.4 is 5.32 Å². The van der Waals surface area contributed by atoms with Gasteiger partial charge in [0.05, 0.1) is 12.3 Å². The van der Waals surface area contributed by atoms with Gasteiger partial charge < -0.3 is 14.3 Å². The minimum Gasteiger partial charge on any atom is -0.468 e. The van der Waals surface area contributed by atoms with Crippen molar-refractivity contribution in [2.45, 2.75) is 26.4 Å². The molecule has 104 valence electrons. The molecule has 2 aromatic heterocycles. The number of nitrogens with zero attached hydrogens (tertiary/aromatic N) is 1. The van der Waals surface area contributed by atoms with Crippen molar-refractivity contribution >= 4 is 10.9 Å². The van der Waals surface area contributed by atoms with E-state index in [1.807, 2.05) is 12.1 Å². The van der Waals surface area contributed by atoms with Gasteiger partial charge >= 0.3 is 0 Å². The van der Waals surface area contributed by atoms with Gasteiger partial charge in [0.2, 0.25) is 0 Å². The number of rotatable bonds is 4. The second-order valence-electron chi connectivity index (χ2n) is 5.27. The first kappa shape index (κ1) is 13.0. The molecule has 0 fully saturated rings. The maximum atomic E-state index is 5.43. The molecule has 1 N–H and O–H groups in total. The molecule has 0 aliphatic carbocycles. The van der Waals surface area contributed by atoms with Crippen LogP contribution in [0.2, 0.25) is 0 Å². The second kappa shape index (κ2) is 5.17. The summed E-state index contributed by atoms with van der Waals surface area (Å²) < 4.78 is 7.70. The fourth-order valence-corrected chi connectivity index (χ4v) is 2.77. The monoisotopic (exact) mass is 268 g/mol. The molecule has 0 amide bonds. The normalized spacial score (nSPS) is 12.9. The van der Waals surface area contributed by atoms with Gasteiger partial charge in [0.15, 0.2) is 0 Å². The molecule has 0 saturated heterocycles. The lowest BCUT2D eigenvalue weighted by Crippen LogP contribution is -2.19. The molecule has 0 bridgehead atoms. The molecule has 0 aliphatic heterocycles. The lowest BCUT2D eigenvalue weighted by molar-refractivity contribution is 0.427. The largest absolute Gasteiger partial charge is 0.468 e. The van der Waals surface area contributed by atoms with Crippen LogP contribution in [0.15, 0.2) is 47.1 Å². The molecule has 0 aliphatic rings. The fraction of sp³-hybridized carbons (Fsp3) is 0.294. The SMILES string of the molecule is Cc1c(CNC(C)c2ccco2)n(C)c2ccccc12. The average molecular weight is 268 g/mol. The Hall–Kier alpha value is -2.00. The van der Waals surface area contributed by atoms with Gasteiger partial charge in [-0.05, 0) is 37.6 Å². The first-order valence-electron chi connectivity index (χ1n) is 6.98. The molecule has 1 atom stereocenters. The molecule has 3 nitrogen and oxygen atoms in total. The Kier molecular flexibility index (Phi) is 3.36. The Morgan fingerprint density at radius 2 is 2.00 bits per heavy atom. The van der Waals surface area contributed by atoms with E-state index in [2.05, 4.69) is 55.0 Å². The summed E-state index contributed by atoms with van der Waals surface area (Å²) in [5.41, 5.74) is 3.96. The number of fused-ring (bicyclic) bond motifs is 1. The minimum absolute atomic E-state index is 0.211. The molecule has 20 heavy (non-hydrogen) atoms. The molecule has 0 spiro atoms. The van der Waals surface area contributed by atoms with E-state index in [-0.39, 0.29) is 6.04 Å². The molecular formula is C17H20N2O. The maximum Gasteiger partial charge on any atom is 0.120 e. The molecule has 3 aromatic rings. The third kappa shape index (κ3) is 2.14. The van der Waals surface area contributed by atoms with E-state index < -0.39 is 0 Å². The van der Waals surface area contributed by atoms with Gasteiger partial charge in [0.25, 0.3) is 0 Å². The van der Waals surface area contributed by atoms with Crippen molar-refractivity contribution in [1.82, 2.24) is 9.88 Å². The van der Waals surface area contributed by atoms with Crippen molar-refractivity contribution in [2.24, 2.45) is 7.05 Å². The van der Waals surface area contributed by atoms with Gasteiger partial charge in [-0.2, -0.15) is 0 Å². The number of furan rings is 1. The van der Waals surface area contributed by atoms with Crippen LogP contribution in [0, 0.1) is 6.92 Å². The fourth-order valence-electron chi connectivity index (χ4n) is 2.77. The van der Waals surface area contributed by atoms with Gasteiger partial charge in [0.1, 0.15) is 5.76 Å². The summed E-state index contributed by atoms with van der Waals surface area (Å²) in [4.78, 5) is 0. The smallest absolute Gasteiger partial charge is 0.120 e. The molecule has 3 heteroatoms. The minimum atomic E-state index is 0.211. The number of aryl methyl sites for hydroxylation is 2. The molecule has 2 heterocycles. The number of hydrogen-bond acceptors (Lipinski definition) is 2. The number of para-hydroxylation sites is 1. The van der Waals surface area contributed by atoms with E-state index in [4.69, 9.17) is 4.42 Å². The molecule has 0 radical (unpaired) electrons. The van der Waals surface area contributed by atoms with Crippen LogP contribution in [0.1, 0.15) is 30.0 Å². The van der Waals surface area contributed by atoms with Crippen LogP contribution in [0.3, 0.4) is 0 Å². The lowest BCUT2D eigenvalue weighted by Gasteiger charge is -2.13. The first-order chi connectivity index (χ1) is 9.68. The molecular weight excluding hydrogens is 248 g/mol. The van der Waals surface area contributed by atoms with E-state index >= 15 is 0 Å². The summed E-state index contributed by atoms with van der Waals surface area (Å²) in [6, 6.07) is 12.7. The van der Waals surface area contributed by atoms with Crippen LogP contribution in [0.5, 0.6) is 0 Å². The van der Waals surface area contributed by atoms with E-state index in [0.29, 0.717) is 0 Å². The summed E-state index contributed by atoms with van der Waals surface area (Å²) >= 11 is 0. The zero-order valence-corrected chi connectivity index (χ0v) is 12.2.